The van der Waals surface area contributed by atoms with Gasteiger partial charge in [0, 0.05) is 35.9 Å². The number of piperidine rings is 1. The molecule has 0 spiro atoms. The Morgan fingerprint density at radius 3 is 2.65 bits per heavy atom. The fraction of sp³-hybridized carbons (Fsp3) is 0.269. The van der Waals surface area contributed by atoms with Crippen molar-refractivity contribution >= 4 is 34.5 Å². The molecule has 0 unspecified atom stereocenters. The van der Waals surface area contributed by atoms with Gasteiger partial charge >= 0.3 is 0 Å². The number of rotatable bonds is 5. The van der Waals surface area contributed by atoms with Crippen LogP contribution in [-0.2, 0) is 0 Å². The number of anilines is 2. The van der Waals surface area contributed by atoms with E-state index < -0.39 is 0 Å². The van der Waals surface area contributed by atoms with Crippen LogP contribution in [0.3, 0.4) is 0 Å². The zero-order valence-corrected chi connectivity index (χ0v) is 20.0. The van der Waals surface area contributed by atoms with Gasteiger partial charge in [0.15, 0.2) is 5.65 Å². The van der Waals surface area contributed by atoms with Gasteiger partial charge in [-0.15, -0.1) is 0 Å². The number of halogens is 1. The summed E-state index contributed by atoms with van der Waals surface area (Å²) >= 11 is 6.17. The molecule has 0 bridgehead atoms. The van der Waals surface area contributed by atoms with Crippen molar-refractivity contribution in [2.45, 2.75) is 18.9 Å². The molecule has 0 atom stereocenters. The molecule has 0 saturated carbocycles. The Balaban J connectivity index is 1.39. The predicted molar refractivity (Wildman–Crippen MR) is 137 cm³/mol. The summed E-state index contributed by atoms with van der Waals surface area (Å²) in [6.07, 6.45) is 5.69. The smallest absolute Gasteiger partial charge is 0.274 e. The highest BCUT2D eigenvalue weighted by molar-refractivity contribution is 6.30. The number of nitrogens with one attached hydrogen (secondary N) is 1. The minimum atomic E-state index is -0.253. The van der Waals surface area contributed by atoms with Crippen molar-refractivity contribution in [1.82, 2.24) is 19.5 Å². The monoisotopic (exact) mass is 474 g/mol. The Labute approximate surface area is 204 Å². The lowest BCUT2D eigenvalue weighted by molar-refractivity contribution is 0.102. The Kier molecular flexibility index (Phi) is 6.22. The summed E-state index contributed by atoms with van der Waals surface area (Å²) in [4.78, 5) is 22.5. The third-order valence-electron chi connectivity index (χ3n) is 6.43. The second-order valence-corrected chi connectivity index (χ2v) is 9.24. The molecule has 7 nitrogen and oxygen atoms in total. The van der Waals surface area contributed by atoms with Crippen molar-refractivity contribution < 1.29 is 4.79 Å². The fourth-order valence-electron chi connectivity index (χ4n) is 4.52. The first kappa shape index (κ1) is 22.4. The number of hydrogen-bond acceptors (Lipinski definition) is 5. The van der Waals surface area contributed by atoms with E-state index in [1.807, 2.05) is 42.5 Å². The van der Waals surface area contributed by atoms with Crippen LogP contribution in [0.15, 0.2) is 67.0 Å². The number of carbonyl (C=O) groups excluding carboxylic acids is 1. The first-order chi connectivity index (χ1) is 16.5. The van der Waals surface area contributed by atoms with E-state index >= 15 is 0 Å². The zero-order valence-electron chi connectivity index (χ0n) is 19.3. The molecule has 1 saturated heterocycles. The number of carbonyl (C=O) groups is 1. The van der Waals surface area contributed by atoms with Gasteiger partial charge in [0.1, 0.15) is 5.69 Å². The van der Waals surface area contributed by atoms with Gasteiger partial charge in [-0.3, -0.25) is 4.79 Å². The molecule has 34 heavy (non-hydrogen) atoms. The third kappa shape index (κ3) is 4.49. The van der Waals surface area contributed by atoms with Crippen molar-refractivity contribution in [3.05, 3.63) is 77.7 Å². The van der Waals surface area contributed by atoms with Gasteiger partial charge < -0.3 is 15.1 Å². The number of amides is 1. The fourth-order valence-corrected chi connectivity index (χ4v) is 4.71. The van der Waals surface area contributed by atoms with E-state index in [4.69, 9.17) is 11.6 Å². The third-order valence-corrected chi connectivity index (χ3v) is 6.66. The summed E-state index contributed by atoms with van der Waals surface area (Å²) in [6, 6.07) is 17.8. The largest absolute Gasteiger partial charge is 0.370 e. The molecule has 1 aliphatic rings. The predicted octanol–water partition coefficient (Wildman–Crippen LogP) is 4.83. The Bertz CT molecular complexity index is 1330. The van der Waals surface area contributed by atoms with Crippen LogP contribution in [0.5, 0.6) is 0 Å². The van der Waals surface area contributed by atoms with Crippen LogP contribution in [0, 0.1) is 0 Å². The molecule has 1 N–H and O–H groups in total. The number of aromatic nitrogens is 3. The molecule has 1 amide bonds. The molecule has 0 aliphatic carbocycles. The van der Waals surface area contributed by atoms with Gasteiger partial charge in [-0.05, 0) is 62.8 Å². The molecule has 3 heterocycles. The maximum absolute atomic E-state index is 13.2. The summed E-state index contributed by atoms with van der Waals surface area (Å²) in [5.74, 6) is -0.253. The van der Waals surface area contributed by atoms with E-state index in [0.717, 1.165) is 48.4 Å². The van der Waals surface area contributed by atoms with Crippen LogP contribution in [0.25, 0.3) is 16.8 Å². The van der Waals surface area contributed by atoms with Gasteiger partial charge in [0.05, 0.1) is 17.6 Å². The molecule has 1 fully saturated rings. The summed E-state index contributed by atoms with van der Waals surface area (Å²) in [6.45, 7) is 1.91. The highest BCUT2D eigenvalue weighted by Gasteiger charge is 2.23. The van der Waals surface area contributed by atoms with Crippen LogP contribution < -0.4 is 10.2 Å². The first-order valence-corrected chi connectivity index (χ1v) is 11.8. The van der Waals surface area contributed by atoms with E-state index in [0.29, 0.717) is 22.4 Å². The molecule has 5 rings (SSSR count). The van der Waals surface area contributed by atoms with Crippen molar-refractivity contribution in [3.63, 3.8) is 0 Å². The van der Waals surface area contributed by atoms with E-state index in [1.165, 1.54) is 0 Å². The molecular weight excluding hydrogens is 448 g/mol. The van der Waals surface area contributed by atoms with E-state index in [1.54, 1.807) is 23.0 Å². The molecule has 174 valence electrons. The summed E-state index contributed by atoms with van der Waals surface area (Å²) in [7, 11) is 4.27. The van der Waals surface area contributed by atoms with Gasteiger partial charge in [-0.1, -0.05) is 35.9 Å². The quantitative estimate of drug-likeness (QED) is 0.448. The molecule has 8 heteroatoms. The molecule has 1 aliphatic heterocycles. The topological polar surface area (TPSA) is 65.8 Å². The summed E-state index contributed by atoms with van der Waals surface area (Å²) < 4.78 is 1.66. The normalized spacial score (nSPS) is 14.6. The van der Waals surface area contributed by atoms with E-state index in [-0.39, 0.29) is 5.91 Å². The van der Waals surface area contributed by atoms with Crippen molar-refractivity contribution in [2.24, 2.45) is 0 Å². The van der Waals surface area contributed by atoms with Crippen LogP contribution in [0.1, 0.15) is 23.3 Å². The highest BCUT2D eigenvalue weighted by Crippen LogP contribution is 2.30. The van der Waals surface area contributed by atoms with Crippen molar-refractivity contribution in [2.75, 3.05) is 37.4 Å². The highest BCUT2D eigenvalue weighted by atomic mass is 35.5. The number of hydrogen-bond donors (Lipinski definition) is 1. The first-order valence-electron chi connectivity index (χ1n) is 11.4. The second-order valence-electron chi connectivity index (χ2n) is 8.80. The number of fused-ring (bicyclic) bond motifs is 1. The van der Waals surface area contributed by atoms with Gasteiger partial charge in [0.25, 0.3) is 5.91 Å². The Morgan fingerprint density at radius 1 is 1.09 bits per heavy atom. The zero-order chi connectivity index (χ0) is 23.7. The minimum absolute atomic E-state index is 0.253. The standard InChI is InChI=1S/C26H27ClN6O/c1-31(2)20-10-13-32(14-11-20)24-9-4-3-8-22(24)30-26(34)23-12-15-33-25(29-23)21(17-28-33)18-6-5-7-19(27)16-18/h3-9,12,15-17,20H,10-11,13-14H2,1-2H3,(H,30,34). The average molecular weight is 475 g/mol. The molecule has 0 radical (unpaired) electrons. The molecule has 4 aromatic rings. The minimum Gasteiger partial charge on any atom is -0.370 e. The Morgan fingerprint density at radius 2 is 1.88 bits per heavy atom. The number of para-hydroxylation sites is 2. The molecule has 2 aromatic carbocycles. The lowest BCUT2D eigenvalue weighted by Crippen LogP contribution is -2.42. The number of benzene rings is 2. The van der Waals surface area contributed by atoms with Crippen LogP contribution in [0.4, 0.5) is 11.4 Å². The SMILES string of the molecule is CN(C)C1CCN(c2ccccc2NC(=O)c2ccn3ncc(-c4cccc(Cl)c4)c3n2)CC1. The van der Waals surface area contributed by atoms with Crippen LogP contribution in [-0.4, -0.2) is 58.6 Å². The Hall–Kier alpha value is -3.42. The van der Waals surface area contributed by atoms with Gasteiger partial charge in [0.2, 0.25) is 0 Å². The maximum Gasteiger partial charge on any atom is 0.274 e. The van der Waals surface area contributed by atoms with Crippen molar-refractivity contribution in [3.8, 4) is 11.1 Å². The van der Waals surface area contributed by atoms with Crippen LogP contribution in [0.2, 0.25) is 5.02 Å². The van der Waals surface area contributed by atoms with Crippen molar-refractivity contribution in [1.29, 1.82) is 0 Å². The van der Waals surface area contributed by atoms with Crippen LogP contribution >= 0.6 is 11.6 Å². The van der Waals surface area contributed by atoms with Gasteiger partial charge in [-0.25, -0.2) is 9.50 Å². The summed E-state index contributed by atoms with van der Waals surface area (Å²) in [5, 5.41) is 8.09. The molecular formula is C26H27ClN6O. The van der Waals surface area contributed by atoms with Gasteiger partial charge in [-0.2, -0.15) is 5.10 Å². The lowest BCUT2D eigenvalue weighted by atomic mass is 10.0. The van der Waals surface area contributed by atoms with E-state index in [9.17, 15) is 4.79 Å². The average Bonchev–Trinajstić information content (AvgIpc) is 3.28. The maximum atomic E-state index is 13.2. The van der Waals surface area contributed by atoms with E-state index in [2.05, 4.69) is 45.4 Å². The molecule has 2 aromatic heterocycles. The number of nitrogens with zero attached hydrogens (tertiary/aromatic N) is 5. The lowest BCUT2D eigenvalue weighted by Gasteiger charge is -2.37. The second kappa shape index (κ2) is 9.44. The summed E-state index contributed by atoms with van der Waals surface area (Å²) in [5.41, 5.74) is 4.49.